The highest BCUT2D eigenvalue weighted by molar-refractivity contribution is 5.76. The summed E-state index contributed by atoms with van der Waals surface area (Å²) >= 11 is 0. The van der Waals surface area contributed by atoms with Gasteiger partial charge in [0.1, 0.15) is 6.04 Å². The third kappa shape index (κ3) is 8.19. The summed E-state index contributed by atoms with van der Waals surface area (Å²) < 4.78 is 0. The number of aliphatic hydroxyl groups is 1. The molecule has 0 aliphatic rings. The first-order valence-electron chi connectivity index (χ1n) is 5.36. The minimum Gasteiger partial charge on any atom is -0.480 e. The van der Waals surface area contributed by atoms with E-state index in [2.05, 4.69) is 5.32 Å². The van der Waals surface area contributed by atoms with Crippen molar-refractivity contribution in [3.8, 4) is 0 Å². The van der Waals surface area contributed by atoms with E-state index in [1.807, 2.05) is 0 Å². The van der Waals surface area contributed by atoms with Crippen molar-refractivity contribution in [3.05, 3.63) is 0 Å². The molecule has 6 nitrogen and oxygen atoms in total. The maximum absolute atomic E-state index is 11.1. The molecule has 0 aliphatic heterocycles. The van der Waals surface area contributed by atoms with Crippen molar-refractivity contribution in [2.45, 2.75) is 44.8 Å². The quantitative estimate of drug-likeness (QED) is 0.420. The highest BCUT2D eigenvalue weighted by atomic mass is 16.4. The number of carboxylic acids is 1. The van der Waals surface area contributed by atoms with Gasteiger partial charge in [-0.05, 0) is 26.2 Å². The van der Waals surface area contributed by atoms with Crippen molar-refractivity contribution in [1.29, 1.82) is 0 Å². The van der Waals surface area contributed by atoms with Crippen LogP contribution in [0.5, 0.6) is 0 Å². The van der Waals surface area contributed by atoms with E-state index in [-0.39, 0.29) is 12.3 Å². The van der Waals surface area contributed by atoms with Crippen LogP contribution in [0.2, 0.25) is 0 Å². The number of nitrogens with one attached hydrogen (secondary N) is 1. The normalized spacial score (nSPS) is 14.2. The molecule has 0 fully saturated rings. The molecule has 2 atom stereocenters. The van der Waals surface area contributed by atoms with Crippen molar-refractivity contribution in [2.75, 3.05) is 6.54 Å². The number of aliphatic carboxylic acids is 1. The van der Waals surface area contributed by atoms with Gasteiger partial charge in [0, 0.05) is 6.54 Å². The van der Waals surface area contributed by atoms with Gasteiger partial charge in [-0.15, -0.1) is 0 Å². The summed E-state index contributed by atoms with van der Waals surface area (Å²) in [5, 5.41) is 20.0. The van der Waals surface area contributed by atoms with Gasteiger partial charge >= 0.3 is 5.97 Å². The van der Waals surface area contributed by atoms with E-state index < -0.39 is 18.1 Å². The van der Waals surface area contributed by atoms with Crippen LogP contribution in [-0.2, 0) is 9.59 Å². The van der Waals surface area contributed by atoms with Crippen molar-refractivity contribution in [1.82, 2.24) is 5.32 Å². The number of carbonyl (C=O) groups excluding carboxylic acids is 1. The number of carbonyl (C=O) groups is 2. The Morgan fingerprint density at radius 2 is 2.00 bits per heavy atom. The second-order valence-electron chi connectivity index (χ2n) is 3.84. The fraction of sp³-hybridized carbons (Fsp3) is 0.800. The summed E-state index contributed by atoms with van der Waals surface area (Å²) in [7, 11) is 0. The van der Waals surface area contributed by atoms with Gasteiger partial charge in [0.15, 0.2) is 0 Å². The number of amides is 1. The first-order chi connectivity index (χ1) is 7.43. The molecule has 0 saturated carbocycles. The molecule has 6 heteroatoms. The lowest BCUT2D eigenvalue weighted by atomic mass is 10.1. The highest BCUT2D eigenvalue weighted by Crippen LogP contribution is 1.98. The van der Waals surface area contributed by atoms with Crippen LogP contribution in [0.4, 0.5) is 0 Å². The predicted octanol–water partition coefficient (Wildman–Crippen LogP) is -0.544. The minimum absolute atomic E-state index is 0.0919. The molecular weight excluding hydrogens is 212 g/mol. The molecule has 16 heavy (non-hydrogen) atoms. The molecule has 94 valence electrons. The van der Waals surface area contributed by atoms with Crippen LogP contribution in [-0.4, -0.2) is 40.8 Å². The molecule has 0 rings (SSSR count). The summed E-state index contributed by atoms with van der Waals surface area (Å²) in [6.45, 7) is 2.03. The molecule has 0 aliphatic carbocycles. The zero-order valence-electron chi connectivity index (χ0n) is 9.48. The molecule has 0 aromatic rings. The van der Waals surface area contributed by atoms with E-state index in [0.717, 1.165) is 0 Å². The maximum Gasteiger partial charge on any atom is 0.320 e. The van der Waals surface area contributed by atoms with Crippen LogP contribution in [0, 0.1) is 0 Å². The number of aliphatic hydroxyl groups excluding tert-OH is 1. The lowest BCUT2D eigenvalue weighted by Gasteiger charge is -2.08. The van der Waals surface area contributed by atoms with Crippen LogP contribution >= 0.6 is 0 Å². The molecule has 0 bridgehead atoms. The molecular formula is C10H20N2O4. The monoisotopic (exact) mass is 232 g/mol. The lowest BCUT2D eigenvalue weighted by molar-refractivity contribution is -0.138. The maximum atomic E-state index is 11.1. The molecule has 0 radical (unpaired) electrons. The van der Waals surface area contributed by atoms with Gasteiger partial charge in [0.05, 0.1) is 12.5 Å². The Morgan fingerprint density at radius 3 is 2.50 bits per heavy atom. The lowest BCUT2D eigenvalue weighted by Crippen LogP contribution is -2.30. The molecule has 0 aromatic heterocycles. The summed E-state index contributed by atoms with van der Waals surface area (Å²) in [5.74, 6) is -1.20. The summed E-state index contributed by atoms with van der Waals surface area (Å²) in [6.07, 6.45) is 1.20. The number of unbranched alkanes of at least 4 members (excludes halogenated alkanes) is 1. The van der Waals surface area contributed by atoms with Gasteiger partial charge in [0.2, 0.25) is 5.91 Å². The van der Waals surface area contributed by atoms with Crippen molar-refractivity contribution in [2.24, 2.45) is 5.73 Å². The third-order valence-corrected chi connectivity index (χ3v) is 2.06. The average molecular weight is 232 g/mol. The second-order valence-corrected chi connectivity index (χ2v) is 3.84. The van der Waals surface area contributed by atoms with Crippen LogP contribution in [0.15, 0.2) is 0 Å². The molecule has 0 saturated heterocycles. The van der Waals surface area contributed by atoms with Crippen molar-refractivity contribution in [3.63, 3.8) is 0 Å². The van der Waals surface area contributed by atoms with Crippen LogP contribution in [0.3, 0.4) is 0 Å². The third-order valence-electron chi connectivity index (χ3n) is 2.06. The Kier molecular flexibility index (Phi) is 7.49. The fourth-order valence-electron chi connectivity index (χ4n) is 1.18. The van der Waals surface area contributed by atoms with Crippen LogP contribution in [0.25, 0.3) is 0 Å². The van der Waals surface area contributed by atoms with Gasteiger partial charge in [0.25, 0.3) is 0 Å². The van der Waals surface area contributed by atoms with Gasteiger partial charge in [-0.2, -0.15) is 0 Å². The largest absolute Gasteiger partial charge is 0.480 e. The average Bonchev–Trinajstić information content (AvgIpc) is 2.15. The predicted molar refractivity (Wildman–Crippen MR) is 58.8 cm³/mol. The molecule has 0 heterocycles. The molecule has 0 spiro atoms. The first-order valence-corrected chi connectivity index (χ1v) is 5.36. The van der Waals surface area contributed by atoms with Gasteiger partial charge in [-0.1, -0.05) is 0 Å². The molecule has 1 amide bonds. The van der Waals surface area contributed by atoms with Crippen molar-refractivity contribution < 1.29 is 19.8 Å². The van der Waals surface area contributed by atoms with E-state index in [4.69, 9.17) is 15.9 Å². The number of rotatable bonds is 8. The van der Waals surface area contributed by atoms with E-state index in [1.54, 1.807) is 6.92 Å². The Hall–Kier alpha value is -1.14. The second kappa shape index (κ2) is 8.06. The summed E-state index contributed by atoms with van der Waals surface area (Å²) in [5.41, 5.74) is 5.30. The fourth-order valence-corrected chi connectivity index (χ4v) is 1.18. The highest BCUT2D eigenvalue weighted by Gasteiger charge is 2.10. The zero-order chi connectivity index (χ0) is 12.6. The smallest absolute Gasteiger partial charge is 0.320 e. The Bertz CT molecular complexity index is 231. The van der Waals surface area contributed by atoms with E-state index >= 15 is 0 Å². The number of carboxylic acid groups (broad SMARTS) is 1. The number of nitrogens with two attached hydrogens (primary N) is 1. The van der Waals surface area contributed by atoms with Crippen LogP contribution < -0.4 is 11.1 Å². The summed E-state index contributed by atoms with van der Waals surface area (Å²) in [6, 6.07) is -0.826. The molecule has 0 unspecified atom stereocenters. The minimum atomic E-state index is -1.00. The number of hydrogen-bond donors (Lipinski definition) is 4. The van der Waals surface area contributed by atoms with Crippen molar-refractivity contribution >= 4 is 11.9 Å². The first kappa shape index (κ1) is 14.9. The van der Waals surface area contributed by atoms with Gasteiger partial charge < -0.3 is 21.3 Å². The van der Waals surface area contributed by atoms with E-state index in [9.17, 15) is 9.59 Å². The van der Waals surface area contributed by atoms with Crippen LogP contribution in [0.1, 0.15) is 32.6 Å². The molecule has 5 N–H and O–H groups in total. The SMILES string of the molecule is C[C@@H](O)CC(=O)NCCCC[C@H](N)C(=O)O. The Morgan fingerprint density at radius 1 is 1.38 bits per heavy atom. The van der Waals surface area contributed by atoms with E-state index in [1.165, 1.54) is 0 Å². The molecule has 0 aromatic carbocycles. The van der Waals surface area contributed by atoms with Gasteiger partial charge in [-0.25, -0.2) is 0 Å². The van der Waals surface area contributed by atoms with Gasteiger partial charge in [-0.3, -0.25) is 9.59 Å². The summed E-state index contributed by atoms with van der Waals surface area (Å²) in [4.78, 5) is 21.4. The topological polar surface area (TPSA) is 113 Å². The number of hydrogen-bond acceptors (Lipinski definition) is 4. The zero-order valence-corrected chi connectivity index (χ0v) is 9.48. The Balaban J connectivity index is 3.40. The van der Waals surface area contributed by atoms with E-state index in [0.29, 0.717) is 25.8 Å². The Labute approximate surface area is 94.8 Å². The standard InChI is InChI=1S/C10H20N2O4/c1-7(13)6-9(14)12-5-3-2-4-8(11)10(15)16/h7-8,13H,2-6,11H2,1H3,(H,12,14)(H,15,16)/t7-,8+/m1/s1.